The van der Waals surface area contributed by atoms with Crippen LogP contribution in [0.5, 0.6) is 0 Å². The van der Waals surface area contributed by atoms with E-state index < -0.39 is 0 Å². The zero-order valence-electron chi connectivity index (χ0n) is 8.70. The number of fused-ring (bicyclic) bond motifs is 2. The lowest BCUT2D eigenvalue weighted by Crippen LogP contribution is -2.44. The number of carbonyl (C=O) groups is 1. The maximum atomic E-state index is 11.5. The monoisotopic (exact) mass is 197 g/mol. The van der Waals surface area contributed by atoms with Gasteiger partial charge in [0.05, 0.1) is 6.10 Å². The molecule has 2 fully saturated rings. The van der Waals surface area contributed by atoms with Gasteiger partial charge in [0, 0.05) is 13.0 Å². The molecule has 0 radical (unpaired) electrons. The van der Waals surface area contributed by atoms with Crippen LogP contribution in [-0.4, -0.2) is 24.2 Å². The van der Waals surface area contributed by atoms with Crippen molar-refractivity contribution in [3.05, 3.63) is 0 Å². The molecule has 0 aromatic heterocycles. The summed E-state index contributed by atoms with van der Waals surface area (Å²) in [6.07, 6.45) is 5.07. The van der Waals surface area contributed by atoms with Crippen molar-refractivity contribution in [3.8, 4) is 0 Å². The Balaban J connectivity index is 2.03. The topological polar surface area (TPSA) is 49.3 Å². The van der Waals surface area contributed by atoms with Crippen LogP contribution in [0.1, 0.15) is 32.1 Å². The van der Waals surface area contributed by atoms with Gasteiger partial charge >= 0.3 is 0 Å². The van der Waals surface area contributed by atoms with E-state index in [4.69, 9.17) is 0 Å². The molecule has 2 aliphatic rings. The molecule has 3 heteroatoms. The van der Waals surface area contributed by atoms with Gasteiger partial charge in [-0.3, -0.25) is 4.79 Å². The first-order valence-corrected chi connectivity index (χ1v) is 5.62. The van der Waals surface area contributed by atoms with Crippen LogP contribution in [0.4, 0.5) is 0 Å². The van der Waals surface area contributed by atoms with Gasteiger partial charge in [-0.1, -0.05) is 6.42 Å². The van der Waals surface area contributed by atoms with Gasteiger partial charge in [-0.25, -0.2) is 0 Å². The summed E-state index contributed by atoms with van der Waals surface area (Å²) in [4.78, 5) is 11.5. The van der Waals surface area contributed by atoms with E-state index in [2.05, 4.69) is 5.32 Å². The van der Waals surface area contributed by atoms with Gasteiger partial charge in [-0.05, 0) is 37.5 Å². The number of aliphatic hydroxyl groups is 1. The molecule has 2 rings (SSSR count). The Morgan fingerprint density at radius 3 is 2.36 bits per heavy atom. The van der Waals surface area contributed by atoms with E-state index in [9.17, 15) is 9.90 Å². The number of aliphatic hydroxyl groups excluding tert-OH is 1. The summed E-state index contributed by atoms with van der Waals surface area (Å²) in [5, 5.41) is 12.6. The largest absolute Gasteiger partial charge is 0.393 e. The Bertz CT molecular complexity index is 215. The molecule has 3 nitrogen and oxygen atoms in total. The van der Waals surface area contributed by atoms with Crippen LogP contribution in [0.2, 0.25) is 0 Å². The average Bonchev–Trinajstić information content (AvgIpc) is 2.16. The van der Waals surface area contributed by atoms with Gasteiger partial charge in [-0.15, -0.1) is 0 Å². The normalized spacial score (nSPS) is 41.9. The van der Waals surface area contributed by atoms with Crippen LogP contribution in [0.25, 0.3) is 0 Å². The fraction of sp³-hybridized carbons (Fsp3) is 0.909. The zero-order valence-corrected chi connectivity index (χ0v) is 8.70. The smallest absolute Gasteiger partial charge is 0.222 e. The van der Waals surface area contributed by atoms with Gasteiger partial charge in [0.1, 0.15) is 0 Å². The highest BCUT2D eigenvalue weighted by Gasteiger charge is 2.41. The molecule has 14 heavy (non-hydrogen) atoms. The van der Waals surface area contributed by atoms with Crippen LogP contribution in [-0.2, 0) is 4.79 Å². The molecule has 0 spiro atoms. The number of hydrogen-bond donors (Lipinski definition) is 2. The van der Waals surface area contributed by atoms with Crippen LogP contribution in [0.15, 0.2) is 0 Å². The third-order valence-corrected chi connectivity index (χ3v) is 3.91. The number of amides is 1. The molecule has 1 amide bonds. The highest BCUT2D eigenvalue weighted by atomic mass is 16.3. The third-order valence-electron chi connectivity index (χ3n) is 3.91. The lowest BCUT2D eigenvalue weighted by atomic mass is 9.66. The SMILES string of the molecule is CNC(=O)C1C[C@@H]2CCC[C@@H](C1)C2O. The summed E-state index contributed by atoms with van der Waals surface area (Å²) >= 11 is 0. The first-order valence-electron chi connectivity index (χ1n) is 5.62. The first kappa shape index (κ1) is 9.97. The Hall–Kier alpha value is -0.570. The molecule has 2 aliphatic carbocycles. The predicted octanol–water partition coefficient (Wildman–Crippen LogP) is 0.920. The molecule has 0 aromatic rings. The van der Waals surface area contributed by atoms with E-state index in [1.807, 2.05) is 0 Å². The van der Waals surface area contributed by atoms with Gasteiger partial charge in [0.15, 0.2) is 0 Å². The van der Waals surface area contributed by atoms with E-state index in [0.29, 0.717) is 11.8 Å². The molecular weight excluding hydrogens is 178 g/mol. The third kappa shape index (κ3) is 1.65. The van der Waals surface area contributed by atoms with Crippen molar-refractivity contribution >= 4 is 5.91 Å². The van der Waals surface area contributed by atoms with Crippen molar-refractivity contribution in [1.29, 1.82) is 0 Å². The first-order chi connectivity index (χ1) is 6.72. The second-order valence-electron chi connectivity index (χ2n) is 4.72. The predicted molar refractivity (Wildman–Crippen MR) is 53.6 cm³/mol. The molecule has 0 aromatic carbocycles. The number of rotatable bonds is 1. The fourth-order valence-corrected chi connectivity index (χ4v) is 3.13. The van der Waals surface area contributed by atoms with Crippen molar-refractivity contribution in [2.45, 2.75) is 38.2 Å². The highest BCUT2D eigenvalue weighted by Crippen LogP contribution is 2.42. The molecule has 80 valence electrons. The quantitative estimate of drug-likeness (QED) is 0.656. The van der Waals surface area contributed by atoms with E-state index in [-0.39, 0.29) is 17.9 Å². The van der Waals surface area contributed by atoms with Crippen LogP contribution >= 0.6 is 0 Å². The summed E-state index contributed by atoms with van der Waals surface area (Å²) in [6, 6.07) is 0. The minimum absolute atomic E-state index is 0.135. The van der Waals surface area contributed by atoms with E-state index in [1.165, 1.54) is 6.42 Å². The Kier molecular flexibility index (Phi) is 2.77. The standard InChI is InChI=1S/C11H19NO2/c1-12-11(14)9-5-7-3-2-4-8(6-9)10(7)13/h7-10,13H,2-6H2,1H3,(H,12,14)/t7-,8-,9?,10?/m0/s1. The summed E-state index contributed by atoms with van der Waals surface area (Å²) < 4.78 is 0. The summed E-state index contributed by atoms with van der Waals surface area (Å²) in [5.74, 6) is 1.07. The van der Waals surface area contributed by atoms with Crippen LogP contribution in [0.3, 0.4) is 0 Å². The molecule has 2 bridgehead atoms. The van der Waals surface area contributed by atoms with Crippen LogP contribution < -0.4 is 5.32 Å². The number of nitrogens with one attached hydrogen (secondary N) is 1. The maximum absolute atomic E-state index is 11.5. The summed E-state index contributed by atoms with van der Waals surface area (Å²) in [6.45, 7) is 0. The Labute approximate surface area is 84.9 Å². The molecule has 2 N–H and O–H groups in total. The zero-order chi connectivity index (χ0) is 10.1. The van der Waals surface area contributed by atoms with Gasteiger partial charge in [0.25, 0.3) is 0 Å². The molecule has 0 saturated heterocycles. The minimum Gasteiger partial charge on any atom is -0.393 e. The second kappa shape index (κ2) is 3.89. The van der Waals surface area contributed by atoms with E-state index in [1.54, 1.807) is 7.05 Å². The van der Waals surface area contributed by atoms with Crippen molar-refractivity contribution < 1.29 is 9.90 Å². The van der Waals surface area contributed by atoms with Gasteiger partial charge in [0.2, 0.25) is 5.91 Å². The van der Waals surface area contributed by atoms with E-state index in [0.717, 1.165) is 25.7 Å². The summed E-state index contributed by atoms with van der Waals surface area (Å²) in [5.41, 5.74) is 0. The van der Waals surface area contributed by atoms with Crippen molar-refractivity contribution in [2.75, 3.05) is 7.05 Å². The lowest BCUT2D eigenvalue weighted by Gasteiger charge is -2.42. The minimum atomic E-state index is -0.135. The second-order valence-corrected chi connectivity index (χ2v) is 4.72. The maximum Gasteiger partial charge on any atom is 0.222 e. The lowest BCUT2D eigenvalue weighted by molar-refractivity contribution is -0.130. The molecule has 2 saturated carbocycles. The van der Waals surface area contributed by atoms with Crippen molar-refractivity contribution in [1.82, 2.24) is 5.32 Å². The Morgan fingerprint density at radius 1 is 1.29 bits per heavy atom. The molecular formula is C11H19NO2. The van der Waals surface area contributed by atoms with Crippen LogP contribution in [0, 0.1) is 17.8 Å². The molecule has 0 heterocycles. The summed E-state index contributed by atoms with van der Waals surface area (Å²) in [7, 11) is 1.70. The Morgan fingerprint density at radius 2 is 1.86 bits per heavy atom. The highest BCUT2D eigenvalue weighted by molar-refractivity contribution is 5.78. The van der Waals surface area contributed by atoms with Crippen molar-refractivity contribution in [2.24, 2.45) is 17.8 Å². The molecule has 0 aliphatic heterocycles. The average molecular weight is 197 g/mol. The van der Waals surface area contributed by atoms with Gasteiger partial charge in [-0.2, -0.15) is 0 Å². The van der Waals surface area contributed by atoms with Gasteiger partial charge < -0.3 is 10.4 Å². The number of hydrogen-bond acceptors (Lipinski definition) is 2. The molecule has 0 unspecified atom stereocenters. The van der Waals surface area contributed by atoms with E-state index >= 15 is 0 Å². The molecule has 2 atom stereocenters. The number of carbonyl (C=O) groups excluding carboxylic acids is 1. The van der Waals surface area contributed by atoms with Crippen molar-refractivity contribution in [3.63, 3.8) is 0 Å². The fourth-order valence-electron chi connectivity index (χ4n) is 3.13.